The van der Waals surface area contributed by atoms with Crippen molar-refractivity contribution in [1.29, 1.82) is 0 Å². The minimum absolute atomic E-state index is 0.120. The van der Waals surface area contributed by atoms with E-state index >= 15 is 0 Å². The van der Waals surface area contributed by atoms with Gasteiger partial charge in [0.15, 0.2) is 0 Å². The second-order valence-corrected chi connectivity index (χ2v) is 3.73. The van der Waals surface area contributed by atoms with Crippen molar-refractivity contribution in [2.45, 2.75) is 32.5 Å². The van der Waals surface area contributed by atoms with Crippen molar-refractivity contribution in [3.8, 4) is 0 Å². The van der Waals surface area contributed by atoms with Gasteiger partial charge in [-0.3, -0.25) is 4.79 Å². The van der Waals surface area contributed by atoms with Gasteiger partial charge in [-0.25, -0.2) is 0 Å². The summed E-state index contributed by atoms with van der Waals surface area (Å²) in [5.74, 6) is 0.927. The normalized spacial score (nSPS) is 26.3. The van der Waals surface area contributed by atoms with E-state index in [0.29, 0.717) is 0 Å². The molecule has 0 aromatic rings. The van der Waals surface area contributed by atoms with E-state index in [2.05, 4.69) is 0 Å². The van der Waals surface area contributed by atoms with Crippen LogP contribution in [0.1, 0.15) is 20.3 Å². The van der Waals surface area contributed by atoms with Crippen LogP contribution in [0.2, 0.25) is 0 Å². The summed E-state index contributed by atoms with van der Waals surface area (Å²) in [6, 6.07) is 0. The molecule has 0 aromatic carbocycles. The molecule has 3 heteroatoms. The SMILES string of the molecule is CC(C)OC1CCSC1=O. The third kappa shape index (κ3) is 1.99. The largest absolute Gasteiger partial charge is 0.367 e. The molecule has 1 saturated heterocycles. The summed E-state index contributed by atoms with van der Waals surface area (Å²) in [6.45, 7) is 3.91. The van der Waals surface area contributed by atoms with Gasteiger partial charge in [0.1, 0.15) is 6.10 Å². The molecular formula is C7H12O2S. The third-order valence-electron chi connectivity index (χ3n) is 1.32. The number of rotatable bonds is 2. The molecule has 1 fully saturated rings. The Morgan fingerprint density at radius 1 is 1.70 bits per heavy atom. The second-order valence-electron chi connectivity index (χ2n) is 2.63. The standard InChI is InChI=1S/C7H12O2S/c1-5(2)9-6-3-4-10-7(6)8/h5-6H,3-4H2,1-2H3. The zero-order chi connectivity index (χ0) is 7.56. The first kappa shape index (κ1) is 8.08. The minimum Gasteiger partial charge on any atom is -0.367 e. The van der Waals surface area contributed by atoms with Gasteiger partial charge >= 0.3 is 0 Å². The molecule has 1 unspecified atom stereocenters. The fraction of sp³-hybridized carbons (Fsp3) is 0.857. The van der Waals surface area contributed by atoms with Crippen LogP contribution in [-0.4, -0.2) is 23.1 Å². The summed E-state index contributed by atoms with van der Waals surface area (Å²) >= 11 is 1.38. The Morgan fingerprint density at radius 2 is 2.40 bits per heavy atom. The maximum atomic E-state index is 10.9. The Hall–Kier alpha value is -0.0200. The molecule has 58 valence electrons. The Labute approximate surface area is 65.3 Å². The number of hydrogen-bond donors (Lipinski definition) is 0. The summed E-state index contributed by atoms with van der Waals surface area (Å²) in [7, 11) is 0. The average molecular weight is 160 g/mol. The van der Waals surface area contributed by atoms with Crippen molar-refractivity contribution >= 4 is 16.9 Å². The highest BCUT2D eigenvalue weighted by molar-refractivity contribution is 8.14. The van der Waals surface area contributed by atoms with Gasteiger partial charge in [0.25, 0.3) is 0 Å². The van der Waals surface area contributed by atoms with E-state index in [1.165, 1.54) is 11.8 Å². The first-order valence-corrected chi connectivity index (χ1v) is 4.51. The molecule has 0 bridgehead atoms. The summed E-state index contributed by atoms with van der Waals surface area (Å²) in [5.41, 5.74) is 0. The zero-order valence-corrected chi connectivity index (χ0v) is 7.11. The molecule has 0 amide bonds. The summed E-state index contributed by atoms with van der Waals surface area (Å²) in [6.07, 6.45) is 0.944. The van der Waals surface area contributed by atoms with Crippen LogP contribution in [0, 0.1) is 0 Å². The molecule has 0 N–H and O–H groups in total. The van der Waals surface area contributed by atoms with E-state index in [-0.39, 0.29) is 17.3 Å². The Kier molecular flexibility index (Phi) is 2.74. The van der Waals surface area contributed by atoms with Gasteiger partial charge in [-0.05, 0) is 20.3 Å². The van der Waals surface area contributed by atoms with Gasteiger partial charge in [-0.1, -0.05) is 11.8 Å². The third-order valence-corrected chi connectivity index (χ3v) is 2.31. The lowest BCUT2D eigenvalue weighted by atomic mass is 10.3. The first-order chi connectivity index (χ1) is 4.70. The van der Waals surface area contributed by atoms with Crippen molar-refractivity contribution in [2.75, 3.05) is 5.75 Å². The summed E-state index contributed by atoms with van der Waals surface area (Å²) < 4.78 is 5.35. The maximum Gasteiger partial charge on any atom is 0.217 e. The molecule has 0 aliphatic carbocycles. The van der Waals surface area contributed by atoms with Crippen LogP contribution < -0.4 is 0 Å². The van der Waals surface area contributed by atoms with Crippen molar-refractivity contribution < 1.29 is 9.53 Å². The van der Waals surface area contributed by atoms with Crippen LogP contribution in [0.3, 0.4) is 0 Å². The molecule has 1 atom stereocenters. The number of ether oxygens (including phenoxy) is 1. The van der Waals surface area contributed by atoms with Crippen LogP contribution in [-0.2, 0) is 9.53 Å². The number of carbonyl (C=O) groups excluding carboxylic acids is 1. The lowest BCUT2D eigenvalue weighted by Crippen LogP contribution is -2.20. The average Bonchev–Trinajstić information content (AvgIpc) is 2.15. The predicted octanol–water partition coefficient (Wildman–Crippen LogP) is 1.44. The highest BCUT2D eigenvalue weighted by Gasteiger charge is 2.26. The number of carbonyl (C=O) groups is 1. The van der Waals surface area contributed by atoms with E-state index in [1.54, 1.807) is 0 Å². The fourth-order valence-electron chi connectivity index (χ4n) is 0.929. The molecule has 10 heavy (non-hydrogen) atoms. The van der Waals surface area contributed by atoms with Gasteiger partial charge in [-0.2, -0.15) is 0 Å². The van der Waals surface area contributed by atoms with E-state index in [0.717, 1.165) is 12.2 Å². The molecule has 0 radical (unpaired) electrons. The van der Waals surface area contributed by atoms with E-state index in [4.69, 9.17) is 4.74 Å². The van der Waals surface area contributed by atoms with E-state index in [9.17, 15) is 4.79 Å². The summed E-state index contributed by atoms with van der Waals surface area (Å²) in [5, 5.41) is 0.203. The van der Waals surface area contributed by atoms with E-state index < -0.39 is 0 Å². The predicted molar refractivity (Wildman–Crippen MR) is 42.1 cm³/mol. The van der Waals surface area contributed by atoms with Crippen LogP contribution in [0.4, 0.5) is 0 Å². The molecular weight excluding hydrogens is 148 g/mol. The molecule has 1 aliphatic rings. The second kappa shape index (κ2) is 3.39. The highest BCUT2D eigenvalue weighted by atomic mass is 32.2. The first-order valence-electron chi connectivity index (χ1n) is 3.52. The zero-order valence-electron chi connectivity index (χ0n) is 6.29. The Bertz CT molecular complexity index is 134. The van der Waals surface area contributed by atoms with Crippen LogP contribution >= 0.6 is 11.8 Å². The maximum absolute atomic E-state index is 10.9. The number of thioether (sulfide) groups is 1. The lowest BCUT2D eigenvalue weighted by molar-refractivity contribution is -0.123. The van der Waals surface area contributed by atoms with Gasteiger partial charge in [-0.15, -0.1) is 0 Å². The monoisotopic (exact) mass is 160 g/mol. The fourth-order valence-corrected chi connectivity index (χ4v) is 1.82. The molecule has 1 heterocycles. The van der Waals surface area contributed by atoms with Crippen molar-refractivity contribution in [3.63, 3.8) is 0 Å². The summed E-state index contributed by atoms with van der Waals surface area (Å²) in [4.78, 5) is 10.9. The quantitative estimate of drug-likeness (QED) is 0.611. The van der Waals surface area contributed by atoms with Crippen molar-refractivity contribution in [2.24, 2.45) is 0 Å². The van der Waals surface area contributed by atoms with Crippen LogP contribution in [0.5, 0.6) is 0 Å². The smallest absolute Gasteiger partial charge is 0.217 e. The van der Waals surface area contributed by atoms with Gasteiger partial charge in [0, 0.05) is 5.75 Å². The van der Waals surface area contributed by atoms with Gasteiger partial charge in [0.2, 0.25) is 5.12 Å². The van der Waals surface area contributed by atoms with Crippen molar-refractivity contribution in [1.82, 2.24) is 0 Å². The molecule has 1 rings (SSSR count). The highest BCUT2D eigenvalue weighted by Crippen LogP contribution is 2.22. The minimum atomic E-state index is -0.120. The van der Waals surface area contributed by atoms with Gasteiger partial charge < -0.3 is 4.74 Å². The van der Waals surface area contributed by atoms with Crippen LogP contribution in [0.25, 0.3) is 0 Å². The van der Waals surface area contributed by atoms with Crippen LogP contribution in [0.15, 0.2) is 0 Å². The number of hydrogen-bond acceptors (Lipinski definition) is 3. The van der Waals surface area contributed by atoms with E-state index in [1.807, 2.05) is 13.8 Å². The molecule has 2 nitrogen and oxygen atoms in total. The topological polar surface area (TPSA) is 26.3 Å². The molecule has 1 aliphatic heterocycles. The molecule has 0 aromatic heterocycles. The Morgan fingerprint density at radius 3 is 2.80 bits per heavy atom. The lowest BCUT2D eigenvalue weighted by Gasteiger charge is -2.11. The van der Waals surface area contributed by atoms with Gasteiger partial charge in [0.05, 0.1) is 6.10 Å². The molecule has 0 spiro atoms. The Balaban J connectivity index is 2.33. The van der Waals surface area contributed by atoms with Crippen molar-refractivity contribution in [3.05, 3.63) is 0 Å². The molecule has 0 saturated carbocycles.